The molecule has 0 aromatic heterocycles. The molecule has 1 rings (SSSR count). The lowest BCUT2D eigenvalue weighted by Gasteiger charge is -2.15. The monoisotopic (exact) mass is 360 g/mol. The Bertz CT molecular complexity index is 412. The molecule has 0 aliphatic rings. The highest BCUT2D eigenvalue weighted by atomic mass is 79.9. The Labute approximate surface area is 120 Å². The van der Waals surface area contributed by atoms with Crippen LogP contribution in [-0.2, 0) is 0 Å². The first-order valence-corrected chi connectivity index (χ1v) is 7.28. The van der Waals surface area contributed by atoms with Crippen molar-refractivity contribution in [2.75, 3.05) is 0 Å². The van der Waals surface area contributed by atoms with Crippen LogP contribution in [0.4, 0.5) is 0 Å². The van der Waals surface area contributed by atoms with Gasteiger partial charge in [0.15, 0.2) is 0 Å². The van der Waals surface area contributed by atoms with Gasteiger partial charge in [-0.2, -0.15) is 0 Å². The molecule has 0 spiro atoms. The summed E-state index contributed by atoms with van der Waals surface area (Å²) in [4.78, 5) is 4.63. The molecule has 0 aliphatic carbocycles. The fraction of sp³-hybridized carbons (Fsp3) is 0.462. The minimum absolute atomic E-state index is 0.277. The van der Waals surface area contributed by atoms with E-state index < -0.39 is 0 Å². The van der Waals surface area contributed by atoms with Gasteiger partial charge in [-0.3, -0.25) is 4.99 Å². The van der Waals surface area contributed by atoms with Gasteiger partial charge in [0, 0.05) is 26.6 Å². The second-order valence-electron chi connectivity index (χ2n) is 4.50. The van der Waals surface area contributed by atoms with Crippen molar-refractivity contribution in [3.05, 3.63) is 32.7 Å². The highest BCUT2D eigenvalue weighted by molar-refractivity contribution is 9.13. The molecule has 4 heteroatoms. The summed E-state index contributed by atoms with van der Waals surface area (Å²) in [6.45, 7) is 8.39. The first-order chi connectivity index (χ1) is 7.90. The number of nitrogens with one attached hydrogen (secondary N) is 1. The third-order valence-electron chi connectivity index (χ3n) is 2.01. The molecule has 0 unspecified atom stereocenters. The van der Waals surface area contributed by atoms with Crippen LogP contribution in [0.5, 0.6) is 0 Å². The van der Waals surface area contributed by atoms with Crippen LogP contribution in [0.25, 0.3) is 0 Å². The van der Waals surface area contributed by atoms with Crippen molar-refractivity contribution in [2.45, 2.75) is 39.8 Å². The number of benzene rings is 1. The third kappa shape index (κ3) is 4.80. The van der Waals surface area contributed by atoms with Gasteiger partial charge in [0.1, 0.15) is 5.84 Å². The van der Waals surface area contributed by atoms with E-state index in [0.29, 0.717) is 6.04 Å². The molecule has 0 aliphatic heterocycles. The molecule has 1 N–H and O–H groups in total. The summed E-state index contributed by atoms with van der Waals surface area (Å²) in [6, 6.07) is 6.80. The summed E-state index contributed by atoms with van der Waals surface area (Å²) in [5.41, 5.74) is 1.10. The standard InChI is InChI=1S/C13H18Br2N2/c1-8(2)16-13(17-9(3)4)10-5-6-11(14)12(15)7-10/h5-9H,1-4H3,(H,16,17). The van der Waals surface area contributed by atoms with E-state index >= 15 is 0 Å². The Kier molecular flexibility index (Phi) is 5.67. The summed E-state index contributed by atoms with van der Waals surface area (Å²) in [5.74, 6) is 0.947. The van der Waals surface area contributed by atoms with E-state index in [1.54, 1.807) is 0 Å². The molecule has 0 saturated heterocycles. The number of amidine groups is 1. The van der Waals surface area contributed by atoms with Crippen LogP contribution in [0.15, 0.2) is 32.1 Å². The largest absolute Gasteiger partial charge is 0.368 e. The zero-order chi connectivity index (χ0) is 13.0. The second-order valence-corrected chi connectivity index (χ2v) is 6.21. The van der Waals surface area contributed by atoms with Gasteiger partial charge in [-0.1, -0.05) is 6.07 Å². The topological polar surface area (TPSA) is 24.4 Å². The molecule has 17 heavy (non-hydrogen) atoms. The number of rotatable bonds is 3. The zero-order valence-electron chi connectivity index (χ0n) is 10.6. The molecule has 0 radical (unpaired) electrons. The van der Waals surface area contributed by atoms with Gasteiger partial charge in [0.05, 0.1) is 0 Å². The number of hydrogen-bond acceptors (Lipinski definition) is 1. The molecule has 0 fully saturated rings. The Morgan fingerprint density at radius 3 is 2.24 bits per heavy atom. The molecular weight excluding hydrogens is 344 g/mol. The minimum atomic E-state index is 0.277. The van der Waals surface area contributed by atoms with Crippen LogP contribution in [0.2, 0.25) is 0 Å². The van der Waals surface area contributed by atoms with Crippen molar-refractivity contribution >= 4 is 37.7 Å². The van der Waals surface area contributed by atoms with Crippen LogP contribution >= 0.6 is 31.9 Å². The molecule has 0 bridgehead atoms. The van der Waals surface area contributed by atoms with Gasteiger partial charge in [0.2, 0.25) is 0 Å². The zero-order valence-corrected chi connectivity index (χ0v) is 13.8. The highest BCUT2D eigenvalue weighted by Gasteiger charge is 2.08. The molecule has 1 aromatic rings. The molecular formula is C13H18Br2N2. The summed E-state index contributed by atoms with van der Waals surface area (Å²) < 4.78 is 2.09. The Morgan fingerprint density at radius 1 is 1.12 bits per heavy atom. The van der Waals surface area contributed by atoms with Crippen molar-refractivity contribution in [3.8, 4) is 0 Å². The fourth-order valence-electron chi connectivity index (χ4n) is 1.37. The van der Waals surface area contributed by atoms with Gasteiger partial charge >= 0.3 is 0 Å². The normalized spacial score (nSPS) is 12.4. The average Bonchev–Trinajstić information content (AvgIpc) is 2.19. The summed E-state index contributed by atoms with van der Waals surface area (Å²) in [6.07, 6.45) is 0. The van der Waals surface area contributed by atoms with Crippen molar-refractivity contribution < 1.29 is 0 Å². The molecule has 0 heterocycles. The average molecular weight is 362 g/mol. The van der Waals surface area contributed by atoms with E-state index in [1.807, 2.05) is 6.07 Å². The number of aliphatic imine (C=N–C) groups is 1. The maximum Gasteiger partial charge on any atom is 0.128 e. The number of hydrogen-bond donors (Lipinski definition) is 1. The number of halogens is 2. The predicted octanol–water partition coefficient (Wildman–Crippen LogP) is 4.36. The third-order valence-corrected chi connectivity index (χ3v) is 3.89. The number of nitrogens with zero attached hydrogens (tertiary/aromatic N) is 1. The SMILES string of the molecule is CC(C)N=C(NC(C)C)c1ccc(Br)c(Br)c1. The van der Waals surface area contributed by atoms with Crippen LogP contribution in [0, 0.1) is 0 Å². The molecule has 0 atom stereocenters. The predicted molar refractivity (Wildman–Crippen MR) is 81.8 cm³/mol. The lowest BCUT2D eigenvalue weighted by molar-refractivity contribution is 0.719. The molecule has 2 nitrogen and oxygen atoms in total. The summed E-state index contributed by atoms with van der Waals surface area (Å²) in [7, 11) is 0. The van der Waals surface area contributed by atoms with E-state index in [0.717, 1.165) is 20.3 Å². The van der Waals surface area contributed by atoms with Crippen molar-refractivity contribution in [3.63, 3.8) is 0 Å². The molecule has 94 valence electrons. The van der Waals surface area contributed by atoms with Gasteiger partial charge in [-0.15, -0.1) is 0 Å². The van der Waals surface area contributed by atoms with Crippen LogP contribution in [-0.4, -0.2) is 17.9 Å². The molecule has 1 aromatic carbocycles. The lowest BCUT2D eigenvalue weighted by atomic mass is 10.2. The van der Waals surface area contributed by atoms with Gasteiger partial charge in [-0.05, 0) is 71.7 Å². The first-order valence-electron chi connectivity index (χ1n) is 5.70. The maximum absolute atomic E-state index is 4.63. The van der Waals surface area contributed by atoms with Crippen LogP contribution in [0.1, 0.15) is 33.3 Å². The maximum atomic E-state index is 4.63. The summed E-state index contributed by atoms with van der Waals surface area (Å²) >= 11 is 6.99. The van der Waals surface area contributed by atoms with Gasteiger partial charge in [0.25, 0.3) is 0 Å². The Morgan fingerprint density at radius 2 is 1.76 bits per heavy atom. The minimum Gasteiger partial charge on any atom is -0.368 e. The fourth-order valence-corrected chi connectivity index (χ4v) is 2.00. The first kappa shape index (κ1) is 14.7. The van der Waals surface area contributed by atoms with Crippen LogP contribution in [0.3, 0.4) is 0 Å². The Hall–Kier alpha value is -0.350. The Balaban J connectivity index is 3.08. The second kappa shape index (κ2) is 6.55. The molecule has 0 saturated carbocycles. The van der Waals surface area contributed by atoms with Crippen molar-refractivity contribution in [1.29, 1.82) is 0 Å². The highest BCUT2D eigenvalue weighted by Crippen LogP contribution is 2.24. The van der Waals surface area contributed by atoms with Crippen molar-refractivity contribution in [1.82, 2.24) is 5.32 Å². The van der Waals surface area contributed by atoms with E-state index in [9.17, 15) is 0 Å². The quantitative estimate of drug-likeness (QED) is 0.627. The smallest absolute Gasteiger partial charge is 0.128 e. The molecule has 0 amide bonds. The van der Waals surface area contributed by atoms with E-state index in [1.165, 1.54) is 0 Å². The van der Waals surface area contributed by atoms with E-state index in [2.05, 4.69) is 82.0 Å². The van der Waals surface area contributed by atoms with Gasteiger partial charge in [-0.25, -0.2) is 0 Å². The van der Waals surface area contributed by atoms with Crippen LogP contribution < -0.4 is 5.32 Å². The van der Waals surface area contributed by atoms with E-state index in [4.69, 9.17) is 0 Å². The van der Waals surface area contributed by atoms with E-state index in [-0.39, 0.29) is 6.04 Å². The van der Waals surface area contributed by atoms with Crippen molar-refractivity contribution in [2.24, 2.45) is 4.99 Å². The summed E-state index contributed by atoms with van der Waals surface area (Å²) in [5, 5.41) is 3.39. The van der Waals surface area contributed by atoms with Gasteiger partial charge < -0.3 is 5.32 Å². The lowest BCUT2D eigenvalue weighted by Crippen LogP contribution is -2.31.